The molecule has 0 bridgehead atoms. The largest absolute Gasteiger partial charge is 0.389 e. The highest BCUT2D eigenvalue weighted by Crippen LogP contribution is 2.27. The third-order valence-electron chi connectivity index (χ3n) is 2.16. The number of rotatable bonds is 4. The number of alkyl halides is 3. The number of hydrogen-bond donors (Lipinski definition) is 1. The van der Waals surface area contributed by atoms with Crippen LogP contribution in [0, 0.1) is 0 Å². The van der Waals surface area contributed by atoms with Gasteiger partial charge in [-0.2, -0.15) is 13.2 Å². The molecule has 0 radical (unpaired) electrons. The lowest BCUT2D eigenvalue weighted by Crippen LogP contribution is -2.27. The second-order valence-electron chi connectivity index (χ2n) is 3.51. The maximum absolute atomic E-state index is 12.4. The van der Waals surface area contributed by atoms with E-state index in [0.717, 1.165) is 0 Å². The molecule has 0 heterocycles. The van der Waals surface area contributed by atoms with Gasteiger partial charge in [0, 0.05) is 17.4 Å². The molecule has 0 aliphatic carbocycles. The first kappa shape index (κ1) is 8.55. The van der Waals surface area contributed by atoms with E-state index in [1.807, 2.05) is 0 Å². The van der Waals surface area contributed by atoms with Crippen molar-refractivity contribution in [3.05, 3.63) is 35.9 Å². The van der Waals surface area contributed by atoms with Crippen molar-refractivity contribution >= 4 is 5.91 Å². The molecule has 1 aromatic rings. The monoisotopic (exact) mass is 249 g/mol. The summed E-state index contributed by atoms with van der Waals surface area (Å²) in [7, 11) is 0. The molecule has 1 N–H and O–H groups in total. The van der Waals surface area contributed by atoms with E-state index in [9.17, 15) is 18.0 Å². The SMILES string of the molecule is [2H]N(C(=O)C([2H])([2H])[2H])C(CCC(F)(F)F)c1ccccc1. The van der Waals surface area contributed by atoms with Crippen LogP contribution in [0.25, 0.3) is 0 Å². The Labute approximate surface area is 104 Å². The molecule has 1 aromatic carbocycles. The summed E-state index contributed by atoms with van der Waals surface area (Å²) in [6.07, 6.45) is -6.23. The summed E-state index contributed by atoms with van der Waals surface area (Å²) < 4.78 is 65.6. The van der Waals surface area contributed by atoms with Gasteiger partial charge in [-0.05, 0) is 12.0 Å². The minimum Gasteiger partial charge on any atom is -0.350 e. The van der Waals surface area contributed by atoms with Crippen molar-refractivity contribution in [3.63, 3.8) is 0 Å². The summed E-state index contributed by atoms with van der Waals surface area (Å²) in [5.74, 6) is -1.50. The minimum absolute atomic E-state index is 0.119. The van der Waals surface area contributed by atoms with E-state index in [0.29, 0.717) is 0 Å². The Hall–Kier alpha value is -1.52. The first-order valence-corrected chi connectivity index (χ1v) is 4.96. The van der Waals surface area contributed by atoms with Crippen molar-refractivity contribution in [1.82, 2.24) is 5.31 Å². The fourth-order valence-electron chi connectivity index (χ4n) is 1.42. The molecule has 0 spiro atoms. The molecular weight excluding hydrogens is 231 g/mol. The van der Waals surface area contributed by atoms with E-state index in [2.05, 4.69) is 0 Å². The number of nitrogens with one attached hydrogen (secondary N) is 1. The van der Waals surface area contributed by atoms with Gasteiger partial charge in [0.15, 0.2) is 1.41 Å². The van der Waals surface area contributed by atoms with Gasteiger partial charge >= 0.3 is 6.18 Å². The smallest absolute Gasteiger partial charge is 0.350 e. The number of benzene rings is 1. The van der Waals surface area contributed by atoms with Crippen molar-refractivity contribution in [2.45, 2.75) is 31.9 Å². The van der Waals surface area contributed by atoms with Crippen molar-refractivity contribution in [2.75, 3.05) is 0 Å². The quantitative estimate of drug-likeness (QED) is 0.872. The predicted octanol–water partition coefficient (Wildman–Crippen LogP) is 3.21. The van der Waals surface area contributed by atoms with Crippen LogP contribution in [0.1, 0.15) is 35.4 Å². The normalized spacial score (nSPS) is 17.4. The molecule has 0 saturated carbocycles. The van der Waals surface area contributed by atoms with E-state index in [-0.39, 0.29) is 10.9 Å². The highest BCUT2D eigenvalue weighted by molar-refractivity contribution is 5.73. The fraction of sp³-hybridized carbons (Fsp3) is 0.417. The minimum atomic E-state index is -4.45. The van der Waals surface area contributed by atoms with Gasteiger partial charge < -0.3 is 5.31 Å². The van der Waals surface area contributed by atoms with Crippen molar-refractivity contribution in [1.29, 1.82) is 0 Å². The molecule has 1 unspecified atom stereocenters. The van der Waals surface area contributed by atoms with Crippen LogP contribution in [0.2, 0.25) is 1.41 Å². The van der Waals surface area contributed by atoms with Crippen LogP contribution in [0.5, 0.6) is 0 Å². The lowest BCUT2D eigenvalue weighted by molar-refractivity contribution is -0.138. The first-order valence-electron chi connectivity index (χ1n) is 6.91. The predicted molar refractivity (Wildman–Crippen MR) is 58.3 cm³/mol. The van der Waals surface area contributed by atoms with E-state index < -0.39 is 37.8 Å². The number of hydrogen-bond acceptors (Lipinski definition) is 1. The van der Waals surface area contributed by atoms with Crippen LogP contribution in [-0.4, -0.2) is 12.1 Å². The van der Waals surface area contributed by atoms with Crippen molar-refractivity contribution in [2.24, 2.45) is 0 Å². The summed E-state index contributed by atoms with van der Waals surface area (Å²) in [5, 5.41) is 0.119. The molecule has 94 valence electrons. The summed E-state index contributed by atoms with van der Waals surface area (Å²) >= 11 is 0. The van der Waals surface area contributed by atoms with Crippen LogP contribution in [0.15, 0.2) is 30.3 Å². The molecule has 0 aromatic heterocycles. The Kier molecular flexibility index (Phi) is 2.87. The molecule has 0 saturated heterocycles. The molecule has 5 heteroatoms. The third kappa shape index (κ3) is 5.38. The van der Waals surface area contributed by atoms with Gasteiger partial charge in [0.1, 0.15) is 0 Å². The van der Waals surface area contributed by atoms with Crippen LogP contribution in [0.4, 0.5) is 13.2 Å². The summed E-state index contributed by atoms with van der Waals surface area (Å²) in [5.41, 5.74) is 0.286. The Morgan fingerprint density at radius 1 is 1.47 bits per heavy atom. The number of carbonyl (C=O) groups excluding carboxylic acids is 1. The van der Waals surface area contributed by atoms with Gasteiger partial charge in [-0.1, -0.05) is 30.3 Å². The highest BCUT2D eigenvalue weighted by atomic mass is 19.4. The Bertz CT molecular complexity index is 476. The molecule has 1 amide bonds. The Balaban J connectivity index is 3.00. The van der Waals surface area contributed by atoms with Gasteiger partial charge in [-0.15, -0.1) is 0 Å². The molecule has 1 rings (SSSR count). The summed E-state index contributed by atoms with van der Waals surface area (Å²) in [4.78, 5) is 11.6. The van der Waals surface area contributed by atoms with E-state index >= 15 is 0 Å². The van der Waals surface area contributed by atoms with E-state index in [1.54, 1.807) is 18.2 Å². The molecule has 0 fully saturated rings. The van der Waals surface area contributed by atoms with Crippen LogP contribution in [-0.2, 0) is 4.79 Å². The molecular formula is C12H14F3NO. The summed E-state index contributed by atoms with van der Waals surface area (Å²) in [6, 6.07) is 6.36. The van der Waals surface area contributed by atoms with Gasteiger partial charge in [0.2, 0.25) is 5.91 Å². The zero-order valence-corrected chi connectivity index (χ0v) is 8.87. The zero-order valence-electron chi connectivity index (χ0n) is 12.9. The van der Waals surface area contributed by atoms with E-state index in [1.165, 1.54) is 12.1 Å². The van der Waals surface area contributed by atoms with Crippen molar-refractivity contribution < 1.29 is 23.5 Å². The average Bonchev–Trinajstić information content (AvgIpc) is 2.36. The highest BCUT2D eigenvalue weighted by Gasteiger charge is 2.28. The molecule has 0 aliphatic heterocycles. The van der Waals surface area contributed by atoms with Crippen LogP contribution < -0.4 is 5.31 Å². The first-order chi connectivity index (χ1) is 9.52. The van der Waals surface area contributed by atoms with Gasteiger partial charge in [-0.3, -0.25) is 4.79 Å². The topological polar surface area (TPSA) is 29.1 Å². The standard InChI is InChI=1S/C12H14F3NO/c1-9(17)16-11(7-8-12(13,14)15)10-5-3-2-4-6-10/h2-6,11H,7-8H2,1H3,(H,16,17)/i1D3/hD. The number of amides is 1. The number of halogens is 3. The maximum atomic E-state index is 12.4. The average molecular weight is 249 g/mol. The van der Waals surface area contributed by atoms with Gasteiger partial charge in [0.05, 0.1) is 6.04 Å². The lowest BCUT2D eigenvalue weighted by Gasteiger charge is -2.19. The van der Waals surface area contributed by atoms with Gasteiger partial charge in [0.25, 0.3) is 0 Å². The molecule has 1 atom stereocenters. The molecule has 2 nitrogen and oxygen atoms in total. The second kappa shape index (κ2) is 5.70. The van der Waals surface area contributed by atoms with Crippen LogP contribution >= 0.6 is 0 Å². The summed E-state index contributed by atoms with van der Waals surface area (Å²) in [6.45, 7) is -3.06. The van der Waals surface area contributed by atoms with E-state index in [4.69, 9.17) is 5.52 Å². The Morgan fingerprint density at radius 3 is 2.65 bits per heavy atom. The molecule has 17 heavy (non-hydrogen) atoms. The van der Waals surface area contributed by atoms with Gasteiger partial charge in [-0.25, -0.2) is 0 Å². The Morgan fingerprint density at radius 2 is 2.12 bits per heavy atom. The molecule has 0 aliphatic rings. The second-order valence-corrected chi connectivity index (χ2v) is 3.51. The van der Waals surface area contributed by atoms with Crippen LogP contribution in [0.3, 0.4) is 0 Å². The fourth-order valence-corrected chi connectivity index (χ4v) is 1.42. The maximum Gasteiger partial charge on any atom is 0.389 e. The lowest BCUT2D eigenvalue weighted by atomic mass is 10.0. The van der Waals surface area contributed by atoms with Crippen molar-refractivity contribution in [3.8, 4) is 0 Å². The zero-order chi connectivity index (χ0) is 16.3. The number of carbonyl (C=O) groups is 1. The third-order valence-corrected chi connectivity index (χ3v) is 2.16.